The highest BCUT2D eigenvalue weighted by Crippen LogP contribution is 2.31. The summed E-state index contributed by atoms with van der Waals surface area (Å²) in [6, 6.07) is 7.87. The van der Waals surface area contributed by atoms with Gasteiger partial charge in [-0.1, -0.05) is 24.8 Å². The number of hydrogen-bond acceptors (Lipinski definition) is 5. The number of pyridine rings is 3. The zero-order valence-corrected chi connectivity index (χ0v) is 17.8. The highest BCUT2D eigenvalue weighted by Gasteiger charge is 2.17. The van der Waals surface area contributed by atoms with E-state index < -0.39 is 0 Å². The third-order valence-corrected chi connectivity index (χ3v) is 5.37. The Morgan fingerprint density at radius 1 is 0.969 bits per heavy atom. The van der Waals surface area contributed by atoms with Crippen LogP contribution >= 0.6 is 0 Å². The summed E-state index contributed by atoms with van der Waals surface area (Å²) < 4.78 is 0. The van der Waals surface area contributed by atoms with E-state index in [9.17, 15) is 0 Å². The van der Waals surface area contributed by atoms with E-state index in [-0.39, 0.29) is 0 Å². The maximum Gasteiger partial charge on any atom is 0.161 e. The maximum atomic E-state index is 4.92. The molecule has 5 heterocycles. The standard InChI is InChI=1S/C25H21N7/c1-4-6-15(3)17(5-2)19-7-8-20-23(28-19)24(32-31-20)25-29-21-14-27-13-18(22(21)30-25)16-9-11-26-12-10-16/h4-14H,1H2,2-3H3,(H,29,30)(H,31,32)/b15-6-,17-5+. The average molecular weight is 419 g/mol. The Morgan fingerprint density at radius 3 is 2.59 bits per heavy atom. The largest absolute Gasteiger partial charge is 0.335 e. The molecule has 7 nitrogen and oxygen atoms in total. The minimum Gasteiger partial charge on any atom is -0.335 e. The van der Waals surface area contributed by atoms with Gasteiger partial charge in [0.1, 0.15) is 5.52 Å². The molecule has 5 aromatic heterocycles. The SMILES string of the molecule is C=C/C=C(C)\C(=C/C)c1ccc2[nH]nc(-c3nc4c(-c5ccncc5)cncc4[nH]3)c2n1. The van der Waals surface area contributed by atoms with Crippen LogP contribution in [0, 0.1) is 0 Å². The van der Waals surface area contributed by atoms with Crippen LogP contribution in [0.3, 0.4) is 0 Å². The first-order chi connectivity index (χ1) is 15.7. The van der Waals surface area contributed by atoms with E-state index in [1.54, 1.807) is 24.7 Å². The minimum absolute atomic E-state index is 0.639. The van der Waals surface area contributed by atoms with Crippen molar-refractivity contribution in [3.63, 3.8) is 0 Å². The van der Waals surface area contributed by atoms with Gasteiger partial charge in [-0.05, 0) is 54.8 Å². The van der Waals surface area contributed by atoms with Crippen molar-refractivity contribution in [3.8, 4) is 22.6 Å². The lowest BCUT2D eigenvalue weighted by Gasteiger charge is -2.07. The first kappa shape index (κ1) is 19.6. The van der Waals surface area contributed by atoms with E-state index in [1.165, 1.54) is 0 Å². The van der Waals surface area contributed by atoms with Crippen molar-refractivity contribution in [2.45, 2.75) is 13.8 Å². The third-order valence-electron chi connectivity index (χ3n) is 5.37. The van der Waals surface area contributed by atoms with Gasteiger partial charge in [0, 0.05) is 24.2 Å². The van der Waals surface area contributed by atoms with E-state index in [4.69, 9.17) is 9.97 Å². The summed E-state index contributed by atoms with van der Waals surface area (Å²) in [6.45, 7) is 7.85. The number of imidazole rings is 1. The molecule has 0 aromatic carbocycles. The van der Waals surface area contributed by atoms with Gasteiger partial charge < -0.3 is 4.98 Å². The molecule has 5 rings (SSSR count). The van der Waals surface area contributed by atoms with Crippen LogP contribution in [0.5, 0.6) is 0 Å². The molecule has 0 fully saturated rings. The Bertz CT molecular complexity index is 1500. The highest BCUT2D eigenvalue weighted by atomic mass is 15.1. The van der Waals surface area contributed by atoms with Gasteiger partial charge >= 0.3 is 0 Å². The quantitative estimate of drug-likeness (QED) is 0.367. The van der Waals surface area contributed by atoms with Crippen LogP contribution in [0.15, 0.2) is 79.4 Å². The van der Waals surface area contributed by atoms with Crippen LogP contribution in [-0.4, -0.2) is 35.1 Å². The summed E-state index contributed by atoms with van der Waals surface area (Å²) in [6.07, 6.45) is 12.9. The van der Waals surface area contributed by atoms with E-state index in [0.29, 0.717) is 11.5 Å². The number of nitrogens with one attached hydrogen (secondary N) is 2. The summed E-state index contributed by atoms with van der Waals surface area (Å²) in [4.78, 5) is 21.6. The lowest BCUT2D eigenvalue weighted by atomic mass is 10.0. The molecule has 0 aliphatic heterocycles. The van der Waals surface area contributed by atoms with Crippen molar-refractivity contribution in [1.82, 2.24) is 35.1 Å². The normalized spacial score (nSPS) is 12.6. The fraction of sp³-hybridized carbons (Fsp3) is 0.0800. The first-order valence-corrected chi connectivity index (χ1v) is 10.3. The molecule has 5 aromatic rings. The van der Waals surface area contributed by atoms with Crippen molar-refractivity contribution in [2.24, 2.45) is 0 Å². The summed E-state index contributed by atoms with van der Waals surface area (Å²) in [5, 5.41) is 7.58. The number of rotatable bonds is 5. The van der Waals surface area contributed by atoms with Crippen LogP contribution in [0.25, 0.3) is 50.3 Å². The minimum atomic E-state index is 0.639. The van der Waals surface area contributed by atoms with Gasteiger partial charge in [0.15, 0.2) is 11.5 Å². The molecular weight excluding hydrogens is 398 g/mol. The van der Waals surface area contributed by atoms with Crippen LogP contribution in [-0.2, 0) is 0 Å². The topological polar surface area (TPSA) is 96.0 Å². The molecule has 0 unspecified atom stereocenters. The van der Waals surface area contributed by atoms with Crippen LogP contribution in [0.1, 0.15) is 19.5 Å². The molecule has 32 heavy (non-hydrogen) atoms. The van der Waals surface area contributed by atoms with Gasteiger partial charge in [-0.3, -0.25) is 15.1 Å². The average Bonchev–Trinajstić information content (AvgIpc) is 3.44. The second-order valence-electron chi connectivity index (χ2n) is 7.36. The van der Waals surface area contributed by atoms with Gasteiger partial charge in [0.2, 0.25) is 0 Å². The summed E-state index contributed by atoms with van der Waals surface area (Å²) in [7, 11) is 0. The van der Waals surface area contributed by atoms with Gasteiger partial charge in [0.05, 0.1) is 28.4 Å². The molecule has 0 radical (unpaired) electrons. The fourth-order valence-electron chi connectivity index (χ4n) is 3.85. The van der Waals surface area contributed by atoms with E-state index in [2.05, 4.69) is 37.8 Å². The summed E-state index contributed by atoms with van der Waals surface area (Å²) >= 11 is 0. The second-order valence-corrected chi connectivity index (χ2v) is 7.36. The molecule has 0 amide bonds. The Kier molecular flexibility index (Phi) is 4.91. The predicted molar refractivity (Wildman–Crippen MR) is 128 cm³/mol. The van der Waals surface area contributed by atoms with Gasteiger partial charge in [-0.2, -0.15) is 5.10 Å². The van der Waals surface area contributed by atoms with Crippen LogP contribution in [0.4, 0.5) is 0 Å². The summed E-state index contributed by atoms with van der Waals surface area (Å²) in [5.74, 6) is 0.639. The molecule has 0 saturated heterocycles. The van der Waals surface area contributed by atoms with Crippen LogP contribution < -0.4 is 0 Å². The van der Waals surface area contributed by atoms with Crippen molar-refractivity contribution in [2.75, 3.05) is 0 Å². The van der Waals surface area contributed by atoms with Crippen molar-refractivity contribution in [1.29, 1.82) is 0 Å². The number of hydrogen-bond donors (Lipinski definition) is 2. The third kappa shape index (κ3) is 3.30. The number of nitrogens with zero attached hydrogens (tertiary/aromatic N) is 5. The number of H-pyrrole nitrogens is 2. The molecule has 0 saturated carbocycles. The predicted octanol–water partition coefficient (Wildman–Crippen LogP) is 5.49. The van der Waals surface area contributed by atoms with Crippen molar-refractivity contribution >= 4 is 27.6 Å². The zero-order chi connectivity index (χ0) is 22.1. The van der Waals surface area contributed by atoms with Gasteiger partial charge in [-0.25, -0.2) is 9.97 Å². The van der Waals surface area contributed by atoms with E-state index >= 15 is 0 Å². The van der Waals surface area contributed by atoms with Crippen molar-refractivity contribution in [3.05, 3.63) is 85.1 Å². The Hall–Kier alpha value is -4.39. The second kappa shape index (κ2) is 8.03. The fourth-order valence-corrected chi connectivity index (χ4v) is 3.85. The lowest BCUT2D eigenvalue weighted by Crippen LogP contribution is -1.92. The van der Waals surface area contributed by atoms with E-state index in [0.717, 1.165) is 50.0 Å². The molecule has 2 N–H and O–H groups in total. The molecule has 0 atom stereocenters. The number of allylic oxidation sites excluding steroid dienone is 5. The van der Waals surface area contributed by atoms with E-state index in [1.807, 2.05) is 50.4 Å². The van der Waals surface area contributed by atoms with Gasteiger partial charge in [-0.15, -0.1) is 0 Å². The molecule has 7 heteroatoms. The molecule has 0 aliphatic carbocycles. The zero-order valence-electron chi connectivity index (χ0n) is 17.8. The smallest absolute Gasteiger partial charge is 0.161 e. The monoisotopic (exact) mass is 419 g/mol. The highest BCUT2D eigenvalue weighted by molar-refractivity contribution is 5.95. The molecular formula is C25H21N7. The number of fused-ring (bicyclic) bond motifs is 2. The van der Waals surface area contributed by atoms with Gasteiger partial charge in [0.25, 0.3) is 0 Å². The van der Waals surface area contributed by atoms with Crippen molar-refractivity contribution < 1.29 is 0 Å². The Morgan fingerprint density at radius 2 is 1.81 bits per heavy atom. The Balaban J connectivity index is 1.65. The maximum absolute atomic E-state index is 4.92. The van der Waals surface area contributed by atoms with Crippen LogP contribution in [0.2, 0.25) is 0 Å². The number of aromatic amines is 2. The molecule has 0 aliphatic rings. The summed E-state index contributed by atoms with van der Waals surface area (Å²) in [5.41, 5.74) is 8.88. The number of aromatic nitrogens is 7. The molecule has 0 bridgehead atoms. The Labute approximate surface area is 184 Å². The molecule has 0 spiro atoms. The lowest BCUT2D eigenvalue weighted by molar-refractivity contribution is 1.10. The first-order valence-electron chi connectivity index (χ1n) is 10.3. The molecule has 156 valence electrons.